The molecule has 6 nitrogen and oxygen atoms in total. The van der Waals surface area contributed by atoms with Crippen molar-refractivity contribution < 1.29 is 23.1 Å². The number of carbonyl (C=O) groups is 2. The van der Waals surface area contributed by atoms with Gasteiger partial charge in [-0.15, -0.1) is 12.8 Å². The fraction of sp³-hybridized carbons (Fsp3) is 0.600. The van der Waals surface area contributed by atoms with Crippen molar-refractivity contribution in [3.63, 3.8) is 0 Å². The average Bonchev–Trinajstić information content (AvgIpc) is 2.25. The Morgan fingerprint density at radius 3 is 2.12 bits per heavy atom. The molecule has 0 aliphatic rings. The lowest BCUT2D eigenvalue weighted by molar-refractivity contribution is -0.143. The van der Waals surface area contributed by atoms with E-state index in [1.54, 1.807) is 0 Å². The summed E-state index contributed by atoms with van der Waals surface area (Å²) in [5.41, 5.74) is 4.47. The van der Waals surface area contributed by atoms with Crippen molar-refractivity contribution in [2.45, 2.75) is 26.7 Å². The van der Waals surface area contributed by atoms with Crippen LogP contribution in [0.1, 0.15) is 26.7 Å². The summed E-state index contributed by atoms with van der Waals surface area (Å²) in [6.45, 7) is 3.58. The Kier molecular flexibility index (Phi) is 21.0. The number of hydrogen-bond donors (Lipinski definition) is 2. The maximum atomic E-state index is 10.6. The third kappa shape index (κ3) is 40.1. The minimum atomic E-state index is -1.89. The zero-order valence-corrected chi connectivity index (χ0v) is 10.9. The van der Waals surface area contributed by atoms with Crippen LogP contribution in [-0.4, -0.2) is 33.0 Å². The van der Waals surface area contributed by atoms with E-state index in [1.807, 2.05) is 6.92 Å². The molecule has 17 heavy (non-hydrogen) atoms. The molecule has 1 unspecified atom stereocenters. The topological polar surface area (TPSA) is 107 Å². The Hall–Kier alpha value is -1.39. The van der Waals surface area contributed by atoms with Gasteiger partial charge in [0.15, 0.2) is 11.1 Å². The van der Waals surface area contributed by atoms with Crippen molar-refractivity contribution in [2.24, 2.45) is 5.73 Å². The molecule has 3 N–H and O–H groups in total. The summed E-state index contributed by atoms with van der Waals surface area (Å²) >= 11 is -1.89. The van der Waals surface area contributed by atoms with Crippen LogP contribution in [0.3, 0.4) is 0 Å². The first kappa shape index (κ1) is 21.0. The summed E-state index contributed by atoms with van der Waals surface area (Å²) in [6.07, 6.45) is 8.79. The van der Waals surface area contributed by atoms with E-state index in [2.05, 4.69) is 23.3 Å². The lowest BCUT2D eigenvalue weighted by atomic mass is 10.5. The number of terminal acetylenes is 1. The monoisotopic (exact) mass is 265 g/mol. The highest BCUT2D eigenvalue weighted by Gasteiger charge is 2.03. The summed E-state index contributed by atoms with van der Waals surface area (Å²) < 4.78 is 23.0. The van der Waals surface area contributed by atoms with Gasteiger partial charge < -0.3 is 15.0 Å². The molecule has 0 rings (SSSR count). The molecular formula is C10H19NO5S. The van der Waals surface area contributed by atoms with E-state index in [-0.39, 0.29) is 18.1 Å². The second kappa shape index (κ2) is 17.0. The predicted octanol–water partition coefficient (Wildman–Crippen LogP) is 0.292. The van der Waals surface area contributed by atoms with Crippen LogP contribution in [0.2, 0.25) is 0 Å². The first-order valence-corrected chi connectivity index (χ1v) is 6.00. The number of carbonyl (C=O) groups excluding carboxylic acids is 2. The van der Waals surface area contributed by atoms with Crippen LogP contribution in [0.25, 0.3) is 0 Å². The summed E-state index contributed by atoms with van der Waals surface area (Å²) in [6, 6.07) is 0. The molecule has 0 bridgehead atoms. The first-order valence-electron chi connectivity index (χ1n) is 4.72. The van der Waals surface area contributed by atoms with Crippen molar-refractivity contribution >= 4 is 23.0 Å². The Bertz CT molecular complexity index is 248. The Labute approximate surface area is 104 Å². The van der Waals surface area contributed by atoms with Crippen LogP contribution < -0.4 is 5.73 Å². The first-order chi connectivity index (χ1) is 7.90. The summed E-state index contributed by atoms with van der Waals surface area (Å²) in [5.74, 6) is -0.781. The van der Waals surface area contributed by atoms with Gasteiger partial charge in [-0.05, 0) is 6.42 Å². The highest BCUT2D eigenvalue weighted by molar-refractivity contribution is 7.79. The second-order valence-corrected chi connectivity index (χ2v) is 3.66. The maximum Gasteiger partial charge on any atom is 0.306 e. The molecule has 0 radical (unpaired) electrons. The van der Waals surface area contributed by atoms with Gasteiger partial charge in [0.2, 0.25) is 5.91 Å². The van der Waals surface area contributed by atoms with Gasteiger partial charge in [-0.1, -0.05) is 6.92 Å². The van der Waals surface area contributed by atoms with Gasteiger partial charge in [0.05, 0.1) is 18.8 Å². The molecule has 0 saturated carbocycles. The minimum absolute atomic E-state index is 0.0170. The third-order valence-electron chi connectivity index (χ3n) is 0.948. The number of primary amides is 1. The lowest BCUT2D eigenvalue weighted by Gasteiger charge is -1.99. The summed E-state index contributed by atoms with van der Waals surface area (Å²) in [4.78, 5) is 19.9. The van der Waals surface area contributed by atoms with E-state index in [0.29, 0.717) is 6.61 Å². The molecule has 0 aromatic heterocycles. The van der Waals surface area contributed by atoms with E-state index in [1.165, 1.54) is 6.92 Å². The predicted molar refractivity (Wildman–Crippen MR) is 66.3 cm³/mol. The van der Waals surface area contributed by atoms with Gasteiger partial charge in [-0.2, -0.15) is 0 Å². The molecule has 100 valence electrons. The molecule has 0 fully saturated rings. The number of rotatable bonds is 5. The molecule has 1 amide bonds. The summed E-state index contributed by atoms with van der Waals surface area (Å²) in [7, 11) is 0. The van der Waals surface area contributed by atoms with Crippen molar-refractivity contribution in [1.82, 2.24) is 0 Å². The van der Waals surface area contributed by atoms with E-state index in [9.17, 15) is 13.8 Å². The van der Waals surface area contributed by atoms with Crippen molar-refractivity contribution in [3.05, 3.63) is 0 Å². The highest BCUT2D eigenvalue weighted by atomic mass is 32.2. The van der Waals surface area contributed by atoms with Crippen LogP contribution >= 0.6 is 0 Å². The molecule has 0 heterocycles. The molecule has 0 aliphatic heterocycles. The van der Waals surface area contributed by atoms with Crippen molar-refractivity contribution in [3.8, 4) is 12.8 Å². The lowest BCUT2D eigenvalue weighted by Crippen LogP contribution is -2.09. The number of nitrogens with two attached hydrogens (primary N) is 1. The SMILES string of the molecule is C#C.CC(N)=O.CCCOC(=O)CCS(=O)O. The zero-order valence-electron chi connectivity index (χ0n) is 10.0. The van der Waals surface area contributed by atoms with Gasteiger partial charge in [0, 0.05) is 6.92 Å². The largest absolute Gasteiger partial charge is 0.466 e. The zero-order chi connectivity index (χ0) is 14.3. The number of hydrogen-bond acceptors (Lipinski definition) is 4. The fourth-order valence-electron chi connectivity index (χ4n) is 0.459. The second-order valence-electron chi connectivity index (χ2n) is 2.61. The number of amides is 1. The molecule has 0 spiro atoms. The highest BCUT2D eigenvalue weighted by Crippen LogP contribution is 1.89. The molecular weight excluding hydrogens is 246 g/mol. The quantitative estimate of drug-likeness (QED) is 0.422. The van der Waals surface area contributed by atoms with Crippen LogP contribution in [0.15, 0.2) is 0 Å². The molecule has 0 aromatic rings. The third-order valence-corrected chi connectivity index (χ3v) is 1.50. The fourth-order valence-corrected chi connectivity index (χ4v) is 0.800. The molecule has 0 aromatic carbocycles. The van der Waals surface area contributed by atoms with Crippen molar-refractivity contribution in [1.29, 1.82) is 0 Å². The van der Waals surface area contributed by atoms with Crippen molar-refractivity contribution in [2.75, 3.05) is 12.4 Å². The minimum Gasteiger partial charge on any atom is -0.466 e. The van der Waals surface area contributed by atoms with Gasteiger partial charge in [0.25, 0.3) is 0 Å². The van der Waals surface area contributed by atoms with Crippen LogP contribution in [0.5, 0.6) is 0 Å². The van der Waals surface area contributed by atoms with Gasteiger partial charge in [-0.3, -0.25) is 9.59 Å². The smallest absolute Gasteiger partial charge is 0.306 e. The molecule has 1 atom stereocenters. The molecule has 0 saturated heterocycles. The van der Waals surface area contributed by atoms with Crippen LogP contribution in [0, 0.1) is 12.8 Å². The van der Waals surface area contributed by atoms with Gasteiger partial charge >= 0.3 is 5.97 Å². The van der Waals surface area contributed by atoms with E-state index in [0.717, 1.165) is 6.42 Å². The average molecular weight is 265 g/mol. The Morgan fingerprint density at radius 2 is 1.82 bits per heavy atom. The Balaban J connectivity index is -0.000000275. The number of ether oxygens (including phenoxy) is 1. The van der Waals surface area contributed by atoms with E-state index < -0.39 is 17.0 Å². The standard InChI is InChI=1S/C6H12O4S.C2H5NO.C2H2/c1-2-4-10-6(7)3-5-11(8)9;1-2(3)4;1-2/h2-5H2,1H3,(H,8,9);1H3,(H2,3,4);1-2H. The van der Waals surface area contributed by atoms with Crippen LogP contribution in [0.4, 0.5) is 0 Å². The van der Waals surface area contributed by atoms with Gasteiger partial charge in [0.1, 0.15) is 0 Å². The summed E-state index contributed by atoms with van der Waals surface area (Å²) in [5, 5.41) is 0. The Morgan fingerprint density at radius 1 is 1.41 bits per heavy atom. The van der Waals surface area contributed by atoms with E-state index >= 15 is 0 Å². The normalized spacial score (nSPS) is 9.71. The van der Waals surface area contributed by atoms with Crippen LogP contribution in [-0.2, 0) is 25.4 Å². The molecule has 0 aliphatic carbocycles. The maximum absolute atomic E-state index is 10.6. The number of esters is 1. The van der Waals surface area contributed by atoms with Gasteiger partial charge in [-0.25, -0.2) is 4.21 Å². The van der Waals surface area contributed by atoms with E-state index in [4.69, 9.17) is 4.55 Å². The molecule has 7 heteroatoms.